The van der Waals surface area contributed by atoms with Crippen molar-refractivity contribution in [3.05, 3.63) is 0 Å². The van der Waals surface area contributed by atoms with Gasteiger partial charge in [-0.15, -0.1) is 0 Å². The van der Waals surface area contributed by atoms with E-state index in [-0.39, 0.29) is 31.3 Å². The van der Waals surface area contributed by atoms with Gasteiger partial charge in [-0.2, -0.15) is 0 Å². The van der Waals surface area contributed by atoms with Gasteiger partial charge in [-0.3, -0.25) is 19.2 Å². The van der Waals surface area contributed by atoms with Gasteiger partial charge < -0.3 is 20.1 Å². The number of rotatable bonds is 11. The van der Waals surface area contributed by atoms with Gasteiger partial charge >= 0.3 is 11.9 Å². The predicted octanol–water partition coefficient (Wildman–Crippen LogP) is -0.0946. The Morgan fingerprint density at radius 1 is 0.818 bits per heavy atom. The van der Waals surface area contributed by atoms with Crippen LogP contribution in [-0.2, 0) is 28.7 Å². The molecule has 0 aliphatic heterocycles. The van der Waals surface area contributed by atoms with Gasteiger partial charge in [-0.1, -0.05) is 0 Å². The highest BCUT2D eigenvalue weighted by molar-refractivity contribution is 5.94. The lowest BCUT2D eigenvalue weighted by molar-refractivity contribution is -0.146. The minimum atomic E-state index is -0.568. The molecule has 0 bridgehead atoms. The van der Waals surface area contributed by atoms with Crippen molar-refractivity contribution in [3.8, 4) is 0 Å². The summed E-state index contributed by atoms with van der Waals surface area (Å²) >= 11 is 0. The molecule has 0 fully saturated rings. The molecule has 0 atom stereocenters. The Morgan fingerprint density at radius 3 is 1.77 bits per heavy atom. The highest BCUT2D eigenvalue weighted by atomic mass is 16.5. The van der Waals surface area contributed by atoms with Gasteiger partial charge in [0.05, 0.1) is 13.7 Å². The first-order chi connectivity index (χ1) is 10.5. The van der Waals surface area contributed by atoms with E-state index in [0.29, 0.717) is 13.1 Å². The molecular formula is C14H24N2O6. The SMILES string of the molecule is CCOC(=O)CC(=O)NCCCCCNC(=O)CC(=O)OC. The second-order valence-electron chi connectivity index (χ2n) is 4.50. The van der Waals surface area contributed by atoms with Crippen LogP contribution in [0, 0.1) is 0 Å². The van der Waals surface area contributed by atoms with Crippen molar-refractivity contribution in [3.63, 3.8) is 0 Å². The highest BCUT2D eigenvalue weighted by Crippen LogP contribution is 1.94. The normalized spacial score (nSPS) is 9.73. The van der Waals surface area contributed by atoms with Crippen molar-refractivity contribution >= 4 is 23.8 Å². The van der Waals surface area contributed by atoms with E-state index in [1.165, 1.54) is 7.11 Å². The van der Waals surface area contributed by atoms with Gasteiger partial charge in [0.1, 0.15) is 12.8 Å². The van der Waals surface area contributed by atoms with E-state index < -0.39 is 11.9 Å². The lowest BCUT2D eigenvalue weighted by Crippen LogP contribution is -2.28. The van der Waals surface area contributed by atoms with Crippen molar-refractivity contribution < 1.29 is 28.7 Å². The standard InChI is InChI=1S/C14H24N2O6/c1-3-22-14(20)10-12(18)16-8-6-4-5-7-15-11(17)9-13(19)21-2/h3-10H2,1-2H3,(H,15,17)(H,16,18). The number of hydrogen-bond acceptors (Lipinski definition) is 6. The second-order valence-corrected chi connectivity index (χ2v) is 4.50. The van der Waals surface area contributed by atoms with E-state index in [0.717, 1.165) is 19.3 Å². The summed E-state index contributed by atoms with van der Waals surface area (Å²) in [5.41, 5.74) is 0. The fourth-order valence-electron chi connectivity index (χ4n) is 1.55. The van der Waals surface area contributed by atoms with E-state index in [9.17, 15) is 19.2 Å². The topological polar surface area (TPSA) is 111 Å². The Labute approximate surface area is 129 Å². The zero-order chi connectivity index (χ0) is 16.8. The number of ether oxygens (including phenoxy) is 2. The van der Waals surface area contributed by atoms with Gasteiger partial charge in [-0.25, -0.2) is 0 Å². The molecule has 0 spiro atoms. The first kappa shape index (κ1) is 19.9. The molecule has 0 radical (unpaired) electrons. The fraction of sp³-hybridized carbons (Fsp3) is 0.714. The number of nitrogens with one attached hydrogen (secondary N) is 2. The van der Waals surface area contributed by atoms with Crippen LogP contribution in [0.3, 0.4) is 0 Å². The Kier molecular flexibility index (Phi) is 11.4. The van der Waals surface area contributed by atoms with Crippen LogP contribution in [0.15, 0.2) is 0 Å². The number of carbonyl (C=O) groups excluding carboxylic acids is 4. The monoisotopic (exact) mass is 316 g/mol. The van der Waals surface area contributed by atoms with E-state index in [4.69, 9.17) is 0 Å². The van der Waals surface area contributed by atoms with E-state index in [2.05, 4.69) is 20.1 Å². The fourth-order valence-corrected chi connectivity index (χ4v) is 1.55. The zero-order valence-corrected chi connectivity index (χ0v) is 13.1. The van der Waals surface area contributed by atoms with Crippen molar-refractivity contribution in [1.29, 1.82) is 0 Å². The molecule has 2 N–H and O–H groups in total. The first-order valence-electron chi connectivity index (χ1n) is 7.25. The number of unbranched alkanes of at least 4 members (excludes halogenated alkanes) is 2. The van der Waals surface area contributed by atoms with Crippen molar-refractivity contribution in [2.75, 3.05) is 26.8 Å². The van der Waals surface area contributed by atoms with Gasteiger partial charge in [-0.05, 0) is 26.2 Å². The smallest absolute Gasteiger partial charge is 0.315 e. The molecule has 0 aliphatic carbocycles. The summed E-state index contributed by atoms with van der Waals surface area (Å²) in [6, 6.07) is 0. The van der Waals surface area contributed by atoms with Crippen LogP contribution >= 0.6 is 0 Å². The molecule has 0 aromatic heterocycles. The van der Waals surface area contributed by atoms with Crippen LogP contribution in [0.4, 0.5) is 0 Å². The number of hydrogen-bond donors (Lipinski definition) is 2. The van der Waals surface area contributed by atoms with Crippen LogP contribution in [0.25, 0.3) is 0 Å². The highest BCUT2D eigenvalue weighted by Gasteiger charge is 2.09. The minimum absolute atomic E-state index is 0.258. The first-order valence-corrected chi connectivity index (χ1v) is 7.25. The summed E-state index contributed by atoms with van der Waals surface area (Å²) in [5, 5.41) is 5.22. The van der Waals surface area contributed by atoms with Crippen LogP contribution in [0.2, 0.25) is 0 Å². The molecule has 0 aliphatic rings. The molecule has 0 saturated carbocycles. The largest absolute Gasteiger partial charge is 0.469 e. The Bertz CT molecular complexity index is 384. The van der Waals surface area contributed by atoms with Crippen LogP contribution in [0.1, 0.15) is 39.0 Å². The summed E-state index contributed by atoms with van der Waals surface area (Å²) in [5.74, 6) is -1.82. The number of methoxy groups -OCH3 is 1. The molecule has 0 saturated heterocycles. The van der Waals surface area contributed by atoms with Crippen molar-refractivity contribution in [1.82, 2.24) is 10.6 Å². The molecule has 0 aromatic rings. The maximum atomic E-state index is 11.3. The molecule has 2 amide bonds. The average Bonchev–Trinajstić information content (AvgIpc) is 2.46. The van der Waals surface area contributed by atoms with Gasteiger partial charge in [0.25, 0.3) is 0 Å². The summed E-state index contributed by atoms with van der Waals surface area (Å²) < 4.78 is 9.03. The molecule has 0 heterocycles. The second kappa shape index (κ2) is 12.6. The number of esters is 2. The van der Waals surface area contributed by atoms with Crippen molar-refractivity contribution in [2.24, 2.45) is 0 Å². The van der Waals surface area contributed by atoms with Crippen LogP contribution in [0.5, 0.6) is 0 Å². The van der Waals surface area contributed by atoms with Gasteiger partial charge in [0, 0.05) is 13.1 Å². The average molecular weight is 316 g/mol. The molecule has 0 unspecified atom stereocenters. The quantitative estimate of drug-likeness (QED) is 0.313. The van der Waals surface area contributed by atoms with E-state index in [1.54, 1.807) is 6.92 Å². The molecule has 8 nitrogen and oxygen atoms in total. The molecule has 0 aromatic carbocycles. The number of carbonyl (C=O) groups is 4. The summed E-state index contributed by atoms with van der Waals surface area (Å²) in [6.45, 7) is 2.87. The lowest BCUT2D eigenvalue weighted by atomic mass is 10.2. The third-order valence-corrected chi connectivity index (χ3v) is 2.64. The van der Waals surface area contributed by atoms with E-state index >= 15 is 0 Å². The van der Waals surface area contributed by atoms with Crippen LogP contribution < -0.4 is 10.6 Å². The van der Waals surface area contributed by atoms with Gasteiger partial charge in [0.2, 0.25) is 11.8 Å². The van der Waals surface area contributed by atoms with Crippen molar-refractivity contribution in [2.45, 2.75) is 39.0 Å². The Morgan fingerprint density at radius 2 is 1.32 bits per heavy atom. The summed E-state index contributed by atoms with van der Waals surface area (Å²) in [7, 11) is 1.23. The van der Waals surface area contributed by atoms with Gasteiger partial charge in [0.15, 0.2) is 0 Å². The summed E-state index contributed by atoms with van der Waals surface area (Å²) in [6.07, 6.45) is 1.73. The Hall–Kier alpha value is -2.12. The maximum Gasteiger partial charge on any atom is 0.315 e. The molecule has 126 valence electrons. The maximum absolute atomic E-state index is 11.3. The predicted molar refractivity (Wildman–Crippen MR) is 77.8 cm³/mol. The molecule has 8 heteroatoms. The molecular weight excluding hydrogens is 292 g/mol. The van der Waals surface area contributed by atoms with E-state index in [1.807, 2.05) is 0 Å². The van der Waals surface area contributed by atoms with Crippen LogP contribution in [-0.4, -0.2) is 50.6 Å². The lowest BCUT2D eigenvalue weighted by Gasteiger charge is -2.06. The molecule has 0 rings (SSSR count). The minimum Gasteiger partial charge on any atom is -0.469 e. The third kappa shape index (κ3) is 11.7. The molecule has 22 heavy (non-hydrogen) atoms. The zero-order valence-electron chi connectivity index (χ0n) is 13.1. The summed E-state index contributed by atoms with van der Waals surface area (Å²) in [4.78, 5) is 44.4. The Balaban J connectivity index is 3.47. The third-order valence-electron chi connectivity index (χ3n) is 2.64. The number of amides is 2.